The fourth-order valence-electron chi connectivity index (χ4n) is 3.71. The minimum atomic E-state index is -3.65. The Hall–Kier alpha value is -3.04. The molecule has 2 aromatic carbocycles. The molecule has 3 aromatic rings. The van der Waals surface area contributed by atoms with Crippen molar-refractivity contribution in [1.29, 1.82) is 0 Å². The number of sulfonamides is 1. The maximum Gasteiger partial charge on any atom is 0.274 e. The third-order valence-electron chi connectivity index (χ3n) is 5.41. The molecule has 0 saturated carbocycles. The molecule has 0 spiro atoms. The second-order valence-electron chi connectivity index (χ2n) is 7.49. The van der Waals surface area contributed by atoms with E-state index in [-0.39, 0.29) is 48.2 Å². The smallest absolute Gasteiger partial charge is 0.274 e. The lowest BCUT2D eigenvalue weighted by Crippen LogP contribution is -2.50. The highest BCUT2D eigenvalue weighted by atomic mass is 32.2. The summed E-state index contributed by atoms with van der Waals surface area (Å²) in [5, 5.41) is 6.01. The summed E-state index contributed by atoms with van der Waals surface area (Å²) in [6, 6.07) is 15.5. The molecule has 1 fully saturated rings. The average molecular weight is 441 g/mol. The first-order chi connectivity index (χ1) is 14.9. The van der Waals surface area contributed by atoms with Crippen molar-refractivity contribution < 1.29 is 13.2 Å². The number of hydrogen-bond donors (Lipinski definition) is 0. The summed E-state index contributed by atoms with van der Waals surface area (Å²) in [5.41, 5.74) is -0.0522. The van der Waals surface area contributed by atoms with Gasteiger partial charge in [-0.15, -0.1) is 0 Å². The molecule has 0 radical (unpaired) electrons. The predicted molar refractivity (Wildman–Crippen MR) is 117 cm³/mol. The van der Waals surface area contributed by atoms with Gasteiger partial charge in [-0.2, -0.15) is 9.40 Å². The number of aromatic nitrogens is 2. The molecule has 1 aromatic heterocycles. The minimum Gasteiger partial charge on any atom is -0.335 e. The maximum atomic E-state index is 13.1. The van der Waals surface area contributed by atoms with E-state index in [0.717, 1.165) is 17.2 Å². The summed E-state index contributed by atoms with van der Waals surface area (Å²) in [6.45, 7) is 3.31. The van der Waals surface area contributed by atoms with Gasteiger partial charge in [0.05, 0.1) is 4.90 Å². The van der Waals surface area contributed by atoms with E-state index in [9.17, 15) is 18.0 Å². The van der Waals surface area contributed by atoms with Crippen molar-refractivity contribution in [1.82, 2.24) is 19.0 Å². The number of nitrogens with zero attached hydrogens (tertiary/aromatic N) is 4. The first-order valence-corrected chi connectivity index (χ1v) is 11.7. The summed E-state index contributed by atoms with van der Waals surface area (Å²) in [4.78, 5) is 26.5. The summed E-state index contributed by atoms with van der Waals surface area (Å²) in [6.07, 6.45) is 0.732. The van der Waals surface area contributed by atoms with Crippen molar-refractivity contribution in [3.8, 4) is 0 Å². The molecule has 0 bridgehead atoms. The summed E-state index contributed by atoms with van der Waals surface area (Å²) >= 11 is 0. The second-order valence-corrected chi connectivity index (χ2v) is 9.42. The molecule has 31 heavy (non-hydrogen) atoms. The second kappa shape index (κ2) is 8.60. The van der Waals surface area contributed by atoms with Crippen LogP contribution in [0.4, 0.5) is 0 Å². The van der Waals surface area contributed by atoms with Crippen LogP contribution in [-0.4, -0.2) is 59.5 Å². The van der Waals surface area contributed by atoms with Crippen LogP contribution < -0.4 is 5.56 Å². The number of carbonyl (C=O) groups excluding carboxylic acids is 1. The first kappa shape index (κ1) is 21.2. The number of hydrogen-bond acceptors (Lipinski definition) is 5. The van der Waals surface area contributed by atoms with Crippen molar-refractivity contribution in [2.24, 2.45) is 0 Å². The number of rotatable bonds is 5. The highest BCUT2D eigenvalue weighted by molar-refractivity contribution is 7.89. The van der Waals surface area contributed by atoms with Crippen LogP contribution >= 0.6 is 0 Å². The van der Waals surface area contributed by atoms with E-state index in [4.69, 9.17) is 0 Å². The predicted octanol–water partition coefficient (Wildman–Crippen LogP) is 1.95. The van der Waals surface area contributed by atoms with Crippen LogP contribution in [0.3, 0.4) is 0 Å². The molecule has 1 aliphatic rings. The van der Waals surface area contributed by atoms with Crippen molar-refractivity contribution in [2.45, 2.75) is 24.8 Å². The van der Waals surface area contributed by atoms with Crippen LogP contribution in [-0.2, 0) is 16.6 Å². The van der Waals surface area contributed by atoms with Crippen LogP contribution in [0.5, 0.6) is 0 Å². The van der Waals surface area contributed by atoms with E-state index in [2.05, 4.69) is 5.10 Å². The first-order valence-electron chi connectivity index (χ1n) is 10.3. The number of aryl methyl sites for hydroxylation is 1. The summed E-state index contributed by atoms with van der Waals surface area (Å²) in [7, 11) is -3.65. The van der Waals surface area contributed by atoms with E-state index in [1.54, 1.807) is 23.1 Å². The zero-order chi connectivity index (χ0) is 22.0. The largest absolute Gasteiger partial charge is 0.335 e. The Morgan fingerprint density at radius 3 is 2.39 bits per heavy atom. The number of benzene rings is 2. The van der Waals surface area contributed by atoms with Crippen LogP contribution in [0.25, 0.3) is 10.8 Å². The van der Waals surface area contributed by atoms with Crippen LogP contribution in [0.15, 0.2) is 64.3 Å². The molecule has 8 nitrogen and oxygen atoms in total. The summed E-state index contributed by atoms with van der Waals surface area (Å²) in [5.74, 6) is -0.299. The molecule has 0 aliphatic carbocycles. The van der Waals surface area contributed by atoms with Crippen molar-refractivity contribution in [3.05, 3.63) is 70.6 Å². The fourth-order valence-corrected chi connectivity index (χ4v) is 5.16. The van der Waals surface area contributed by atoms with Crippen LogP contribution in [0.2, 0.25) is 0 Å². The van der Waals surface area contributed by atoms with Crippen molar-refractivity contribution >= 4 is 26.7 Å². The Morgan fingerprint density at radius 1 is 0.968 bits per heavy atom. The van der Waals surface area contributed by atoms with Gasteiger partial charge in [-0.25, -0.2) is 13.1 Å². The third kappa shape index (κ3) is 4.24. The van der Waals surface area contributed by atoms with Crippen LogP contribution in [0.1, 0.15) is 23.8 Å². The standard InChI is InChI=1S/C22H24N4O4S/c1-2-11-26-21(27)10-9-20(23-26)22(28)24-12-14-25(15-13-24)31(29,30)19-8-7-17-5-3-4-6-18(17)16-19/h3-10,16H,2,11-15H2,1H3. The highest BCUT2D eigenvalue weighted by Gasteiger charge is 2.31. The van der Waals surface area contributed by atoms with Gasteiger partial charge < -0.3 is 4.90 Å². The molecular formula is C22H24N4O4S. The molecule has 1 saturated heterocycles. The van der Waals surface area contributed by atoms with Gasteiger partial charge in [0.1, 0.15) is 5.69 Å². The van der Waals surface area contributed by atoms with E-state index in [1.165, 1.54) is 21.1 Å². The van der Waals surface area contributed by atoms with Gasteiger partial charge in [0.25, 0.3) is 11.5 Å². The molecule has 1 amide bonds. The zero-order valence-electron chi connectivity index (χ0n) is 17.3. The monoisotopic (exact) mass is 440 g/mol. The number of fused-ring (bicyclic) bond motifs is 1. The molecule has 162 valence electrons. The van der Waals surface area contributed by atoms with Gasteiger partial charge in [-0.05, 0) is 35.4 Å². The van der Waals surface area contributed by atoms with Gasteiger partial charge in [0, 0.05) is 38.8 Å². The van der Waals surface area contributed by atoms with Crippen LogP contribution in [0, 0.1) is 0 Å². The third-order valence-corrected chi connectivity index (χ3v) is 7.30. The molecular weight excluding hydrogens is 416 g/mol. The highest BCUT2D eigenvalue weighted by Crippen LogP contribution is 2.23. The average Bonchev–Trinajstić information content (AvgIpc) is 2.80. The molecule has 0 unspecified atom stereocenters. The Morgan fingerprint density at radius 2 is 1.68 bits per heavy atom. The number of amides is 1. The fraction of sp³-hybridized carbons (Fsp3) is 0.318. The molecule has 9 heteroatoms. The van der Waals surface area contributed by atoms with E-state index in [0.29, 0.717) is 6.54 Å². The van der Waals surface area contributed by atoms with Crippen molar-refractivity contribution in [2.75, 3.05) is 26.2 Å². The van der Waals surface area contributed by atoms with E-state index in [1.807, 2.05) is 31.2 Å². The van der Waals surface area contributed by atoms with Crippen molar-refractivity contribution in [3.63, 3.8) is 0 Å². The van der Waals surface area contributed by atoms with Gasteiger partial charge >= 0.3 is 0 Å². The molecule has 1 aliphatic heterocycles. The SMILES string of the molecule is CCCn1nc(C(=O)N2CCN(S(=O)(=O)c3ccc4ccccc4c3)CC2)ccc1=O. The normalized spacial score (nSPS) is 15.3. The molecule has 0 atom stereocenters. The van der Waals surface area contributed by atoms with Gasteiger partial charge in [-0.1, -0.05) is 37.3 Å². The maximum absolute atomic E-state index is 13.1. The quantitative estimate of drug-likeness (QED) is 0.605. The number of carbonyl (C=O) groups is 1. The van der Waals surface area contributed by atoms with E-state index >= 15 is 0 Å². The topological polar surface area (TPSA) is 92.6 Å². The lowest BCUT2D eigenvalue weighted by atomic mass is 10.1. The molecule has 2 heterocycles. The molecule has 0 N–H and O–H groups in total. The van der Waals surface area contributed by atoms with Gasteiger partial charge in [0.15, 0.2) is 0 Å². The number of piperazine rings is 1. The minimum absolute atomic E-state index is 0.193. The Bertz CT molecular complexity index is 1280. The zero-order valence-corrected chi connectivity index (χ0v) is 18.1. The van der Waals surface area contributed by atoms with Gasteiger partial charge in [0.2, 0.25) is 10.0 Å². The Kier molecular flexibility index (Phi) is 5.88. The Labute approximate surface area is 180 Å². The lowest BCUT2D eigenvalue weighted by molar-refractivity contribution is 0.0689. The molecule has 4 rings (SSSR count). The lowest BCUT2D eigenvalue weighted by Gasteiger charge is -2.33. The van der Waals surface area contributed by atoms with Gasteiger partial charge in [-0.3, -0.25) is 9.59 Å². The Balaban J connectivity index is 1.48. The van der Waals surface area contributed by atoms with E-state index < -0.39 is 10.0 Å². The summed E-state index contributed by atoms with van der Waals surface area (Å²) < 4.78 is 28.9.